The molecule has 10 rings (SSSR count). The largest absolute Gasteiger partial charge is 0.455 e. The predicted molar refractivity (Wildman–Crippen MR) is 209 cm³/mol. The molecule has 0 fully saturated rings. The van der Waals surface area contributed by atoms with Crippen molar-refractivity contribution in [1.29, 1.82) is 0 Å². The average molecular weight is 652 g/mol. The van der Waals surface area contributed by atoms with Crippen LogP contribution in [0.3, 0.4) is 0 Å². The van der Waals surface area contributed by atoms with Gasteiger partial charge >= 0.3 is 0 Å². The van der Waals surface area contributed by atoms with E-state index in [0.717, 1.165) is 66.3 Å². The van der Waals surface area contributed by atoms with Crippen LogP contribution in [0.1, 0.15) is 0 Å². The molecule has 238 valence electrons. The minimum Gasteiger partial charge on any atom is -0.455 e. The number of fused-ring (bicyclic) bond motifs is 5. The zero-order chi connectivity index (χ0) is 33.7. The number of furan rings is 1. The van der Waals surface area contributed by atoms with Gasteiger partial charge in [-0.2, -0.15) is 0 Å². The van der Waals surface area contributed by atoms with E-state index in [4.69, 9.17) is 19.4 Å². The quantitative estimate of drug-likeness (QED) is 0.186. The molecule has 4 heteroatoms. The molecule has 0 bridgehead atoms. The van der Waals surface area contributed by atoms with Crippen molar-refractivity contribution >= 4 is 43.5 Å². The zero-order valence-corrected chi connectivity index (χ0v) is 27.5. The Bertz CT molecular complexity index is 2830. The summed E-state index contributed by atoms with van der Waals surface area (Å²) in [5, 5.41) is 6.95. The first-order valence-corrected chi connectivity index (χ1v) is 17.1. The summed E-state index contributed by atoms with van der Waals surface area (Å²) in [6.07, 6.45) is 0. The lowest BCUT2D eigenvalue weighted by atomic mass is 9.92. The molecular weight excluding hydrogens is 623 g/mol. The summed E-state index contributed by atoms with van der Waals surface area (Å²) in [6, 6.07) is 61.0. The third-order valence-corrected chi connectivity index (χ3v) is 9.72. The number of hydrogen-bond donors (Lipinski definition) is 0. The Morgan fingerprint density at radius 2 is 0.843 bits per heavy atom. The number of aromatic nitrogens is 3. The molecule has 2 heterocycles. The van der Waals surface area contributed by atoms with Crippen molar-refractivity contribution in [2.45, 2.75) is 0 Å². The normalized spacial score (nSPS) is 11.5. The van der Waals surface area contributed by atoms with E-state index in [1.807, 2.05) is 60.7 Å². The van der Waals surface area contributed by atoms with Crippen LogP contribution in [0.15, 0.2) is 180 Å². The van der Waals surface area contributed by atoms with Crippen LogP contribution in [0.2, 0.25) is 0 Å². The van der Waals surface area contributed by atoms with E-state index in [0.29, 0.717) is 17.5 Å². The van der Waals surface area contributed by atoms with E-state index >= 15 is 0 Å². The molecular formula is C47H29N3O. The van der Waals surface area contributed by atoms with Crippen LogP contribution in [-0.4, -0.2) is 15.0 Å². The van der Waals surface area contributed by atoms with Crippen molar-refractivity contribution in [3.63, 3.8) is 0 Å². The Labute approximate surface area is 294 Å². The molecule has 10 aromatic rings. The molecule has 0 aliphatic rings. The third-order valence-electron chi connectivity index (χ3n) is 9.72. The molecule has 0 amide bonds. The molecule has 0 saturated carbocycles. The minimum absolute atomic E-state index is 0.630. The molecule has 0 saturated heterocycles. The van der Waals surface area contributed by atoms with Gasteiger partial charge in [0.2, 0.25) is 0 Å². The summed E-state index contributed by atoms with van der Waals surface area (Å²) in [4.78, 5) is 14.8. The molecule has 8 aromatic carbocycles. The first kappa shape index (κ1) is 29.0. The second-order valence-electron chi connectivity index (χ2n) is 12.8. The van der Waals surface area contributed by atoms with Gasteiger partial charge in [0.1, 0.15) is 11.2 Å². The number of benzene rings is 8. The Kier molecular flexibility index (Phi) is 6.78. The molecule has 0 spiro atoms. The lowest BCUT2D eigenvalue weighted by Crippen LogP contribution is -2.00. The molecule has 0 aliphatic heterocycles. The van der Waals surface area contributed by atoms with Crippen molar-refractivity contribution in [2.75, 3.05) is 0 Å². The second-order valence-corrected chi connectivity index (χ2v) is 12.8. The highest BCUT2D eigenvalue weighted by Gasteiger charge is 2.20. The summed E-state index contributed by atoms with van der Waals surface area (Å²) in [6.45, 7) is 0. The predicted octanol–water partition coefficient (Wildman–Crippen LogP) is 12.4. The summed E-state index contributed by atoms with van der Waals surface area (Å²) < 4.78 is 6.83. The smallest absolute Gasteiger partial charge is 0.164 e. The minimum atomic E-state index is 0.630. The fraction of sp³-hybridized carbons (Fsp3) is 0. The molecule has 0 unspecified atom stereocenters. The Morgan fingerprint density at radius 3 is 1.51 bits per heavy atom. The maximum absolute atomic E-state index is 6.83. The third kappa shape index (κ3) is 5.04. The van der Waals surface area contributed by atoms with Gasteiger partial charge in [-0.05, 0) is 56.4 Å². The fourth-order valence-electron chi connectivity index (χ4n) is 7.21. The SMILES string of the molecule is c1ccc(-c2nc(-c3ccccc3)nc(-c3ccc(-c4ccc(-c5cccc6ccccc56)c5oc6cc7ccccc7cc6c45)cc3)n2)cc1. The van der Waals surface area contributed by atoms with Gasteiger partial charge in [0.05, 0.1) is 0 Å². The van der Waals surface area contributed by atoms with Gasteiger partial charge in [-0.3, -0.25) is 0 Å². The molecule has 0 aliphatic carbocycles. The summed E-state index contributed by atoms with van der Waals surface area (Å²) >= 11 is 0. The van der Waals surface area contributed by atoms with Gasteiger partial charge in [0, 0.05) is 33.0 Å². The number of nitrogens with zero attached hydrogens (tertiary/aromatic N) is 3. The molecule has 51 heavy (non-hydrogen) atoms. The van der Waals surface area contributed by atoms with E-state index in [-0.39, 0.29) is 0 Å². The highest BCUT2D eigenvalue weighted by atomic mass is 16.3. The van der Waals surface area contributed by atoms with Crippen LogP contribution in [0.4, 0.5) is 0 Å². The van der Waals surface area contributed by atoms with Crippen LogP contribution in [0.5, 0.6) is 0 Å². The zero-order valence-electron chi connectivity index (χ0n) is 27.5. The van der Waals surface area contributed by atoms with Crippen LogP contribution in [0, 0.1) is 0 Å². The van der Waals surface area contributed by atoms with E-state index in [1.165, 1.54) is 16.2 Å². The van der Waals surface area contributed by atoms with E-state index in [9.17, 15) is 0 Å². The van der Waals surface area contributed by atoms with Crippen LogP contribution in [0.25, 0.3) is 99.9 Å². The highest BCUT2D eigenvalue weighted by molar-refractivity contribution is 6.19. The summed E-state index contributed by atoms with van der Waals surface area (Å²) in [5.41, 5.74) is 9.01. The van der Waals surface area contributed by atoms with Crippen molar-refractivity contribution in [1.82, 2.24) is 15.0 Å². The number of hydrogen-bond acceptors (Lipinski definition) is 4. The average Bonchev–Trinajstić information content (AvgIpc) is 3.58. The topological polar surface area (TPSA) is 51.8 Å². The number of rotatable bonds is 5. The van der Waals surface area contributed by atoms with Gasteiger partial charge < -0.3 is 4.42 Å². The van der Waals surface area contributed by atoms with E-state index < -0.39 is 0 Å². The maximum atomic E-state index is 6.83. The van der Waals surface area contributed by atoms with Gasteiger partial charge in [0.25, 0.3) is 0 Å². The molecule has 4 nitrogen and oxygen atoms in total. The van der Waals surface area contributed by atoms with Crippen LogP contribution >= 0.6 is 0 Å². The molecule has 0 atom stereocenters. The lowest BCUT2D eigenvalue weighted by Gasteiger charge is -2.12. The summed E-state index contributed by atoms with van der Waals surface area (Å²) in [7, 11) is 0. The second kappa shape index (κ2) is 11.9. The van der Waals surface area contributed by atoms with Gasteiger partial charge in [-0.25, -0.2) is 15.0 Å². The Balaban J connectivity index is 1.15. The van der Waals surface area contributed by atoms with Crippen molar-refractivity contribution in [3.05, 3.63) is 176 Å². The fourth-order valence-corrected chi connectivity index (χ4v) is 7.21. The maximum Gasteiger partial charge on any atom is 0.164 e. The first-order valence-electron chi connectivity index (χ1n) is 17.1. The van der Waals surface area contributed by atoms with Gasteiger partial charge in [0.15, 0.2) is 17.5 Å². The lowest BCUT2D eigenvalue weighted by molar-refractivity contribution is 0.670. The molecule has 0 N–H and O–H groups in total. The van der Waals surface area contributed by atoms with Crippen LogP contribution < -0.4 is 0 Å². The Hall–Kier alpha value is -6.91. The van der Waals surface area contributed by atoms with Crippen molar-refractivity contribution < 1.29 is 4.42 Å². The van der Waals surface area contributed by atoms with Crippen molar-refractivity contribution in [2.24, 2.45) is 0 Å². The van der Waals surface area contributed by atoms with Gasteiger partial charge in [-0.15, -0.1) is 0 Å². The van der Waals surface area contributed by atoms with Gasteiger partial charge in [-0.1, -0.05) is 158 Å². The van der Waals surface area contributed by atoms with Crippen LogP contribution in [-0.2, 0) is 0 Å². The standard InChI is InChI=1S/C47H29N3O/c1-3-13-32(14-4-1)45-48-46(33-15-5-2-6-16-33)50-47(49-45)34-24-22-31(23-25-34)38-26-27-40(39-21-11-19-30-12-9-10-20-37(30)39)44-43(38)41-28-35-17-7-8-18-36(35)29-42(41)51-44/h1-29H. The monoisotopic (exact) mass is 651 g/mol. The van der Waals surface area contributed by atoms with E-state index in [1.54, 1.807) is 0 Å². The van der Waals surface area contributed by atoms with Crippen molar-refractivity contribution in [3.8, 4) is 56.4 Å². The van der Waals surface area contributed by atoms with E-state index in [2.05, 4.69) is 115 Å². The summed E-state index contributed by atoms with van der Waals surface area (Å²) in [5.74, 6) is 1.92. The Morgan fingerprint density at radius 1 is 0.333 bits per heavy atom. The molecule has 0 radical (unpaired) electrons. The molecule has 2 aromatic heterocycles. The first-order chi connectivity index (χ1) is 25.3. The highest BCUT2D eigenvalue weighted by Crippen LogP contribution is 2.44.